The minimum atomic E-state index is -0.629. The Bertz CT molecular complexity index is 1170. The highest BCUT2D eigenvalue weighted by Crippen LogP contribution is 2.30. The highest BCUT2D eigenvalue weighted by Gasteiger charge is 2.14. The summed E-state index contributed by atoms with van der Waals surface area (Å²) in [6, 6.07) is 12.0. The third-order valence-electron chi connectivity index (χ3n) is 3.80. The van der Waals surface area contributed by atoms with Gasteiger partial charge in [-0.05, 0) is 24.3 Å². The van der Waals surface area contributed by atoms with Gasteiger partial charge in [-0.15, -0.1) is 11.3 Å². The van der Waals surface area contributed by atoms with Gasteiger partial charge >= 0.3 is 5.97 Å². The molecular formula is C19H12ClN3O4S. The van der Waals surface area contributed by atoms with Crippen LogP contribution in [0.4, 0.5) is 5.13 Å². The number of esters is 1. The molecule has 0 atom stereocenters. The number of nitrogens with zero attached hydrogens (tertiary/aromatic N) is 2. The third-order valence-corrected chi connectivity index (χ3v) is 4.89. The Morgan fingerprint density at radius 3 is 2.93 bits per heavy atom. The van der Waals surface area contributed by atoms with Gasteiger partial charge in [0.25, 0.3) is 5.91 Å². The van der Waals surface area contributed by atoms with Gasteiger partial charge in [-0.2, -0.15) is 0 Å². The zero-order valence-corrected chi connectivity index (χ0v) is 15.8. The highest BCUT2D eigenvalue weighted by atomic mass is 35.5. The molecule has 0 saturated heterocycles. The van der Waals surface area contributed by atoms with Gasteiger partial charge in [-0.25, -0.2) is 14.8 Å². The van der Waals surface area contributed by atoms with E-state index in [1.165, 1.54) is 23.8 Å². The van der Waals surface area contributed by atoms with Crippen molar-refractivity contribution in [2.75, 3.05) is 11.9 Å². The second-order valence-corrected chi connectivity index (χ2v) is 6.94. The van der Waals surface area contributed by atoms with Crippen LogP contribution in [0.3, 0.4) is 0 Å². The zero-order valence-electron chi connectivity index (χ0n) is 14.2. The second-order valence-electron chi connectivity index (χ2n) is 5.68. The minimum Gasteiger partial charge on any atom is -0.452 e. The van der Waals surface area contributed by atoms with E-state index in [1.54, 1.807) is 23.6 Å². The molecule has 0 spiro atoms. The predicted molar refractivity (Wildman–Crippen MR) is 105 cm³/mol. The van der Waals surface area contributed by atoms with E-state index in [0.29, 0.717) is 26.9 Å². The number of hydrogen-bond acceptors (Lipinski definition) is 7. The average Bonchev–Trinajstić information content (AvgIpc) is 3.35. The fourth-order valence-electron chi connectivity index (χ4n) is 2.48. The van der Waals surface area contributed by atoms with E-state index in [1.807, 2.05) is 18.2 Å². The Morgan fingerprint density at radius 1 is 1.21 bits per heavy atom. The van der Waals surface area contributed by atoms with Crippen LogP contribution in [0.1, 0.15) is 10.4 Å². The number of amides is 1. The van der Waals surface area contributed by atoms with Crippen LogP contribution in [0, 0.1) is 0 Å². The topological polar surface area (TPSA) is 94.3 Å². The molecule has 4 rings (SSSR count). The molecule has 0 aliphatic carbocycles. The van der Waals surface area contributed by atoms with Crippen molar-refractivity contribution in [2.45, 2.75) is 0 Å². The van der Waals surface area contributed by atoms with Crippen molar-refractivity contribution in [3.05, 3.63) is 64.8 Å². The molecule has 4 aromatic rings. The number of aromatic nitrogens is 2. The Labute approximate surface area is 167 Å². The van der Waals surface area contributed by atoms with E-state index < -0.39 is 18.5 Å². The third kappa shape index (κ3) is 3.88. The molecule has 1 N–H and O–H groups in total. The molecule has 0 saturated carbocycles. The van der Waals surface area contributed by atoms with Crippen molar-refractivity contribution in [1.29, 1.82) is 0 Å². The molecule has 140 valence electrons. The van der Waals surface area contributed by atoms with E-state index in [0.717, 1.165) is 5.56 Å². The summed E-state index contributed by atoms with van der Waals surface area (Å²) in [6.07, 6.45) is 1.29. The first-order valence-electron chi connectivity index (χ1n) is 8.11. The number of benzene rings is 2. The molecule has 0 radical (unpaired) electrons. The molecule has 0 fully saturated rings. The highest BCUT2D eigenvalue weighted by molar-refractivity contribution is 7.14. The smallest absolute Gasteiger partial charge is 0.338 e. The predicted octanol–water partition coefficient (Wildman–Crippen LogP) is 4.40. The van der Waals surface area contributed by atoms with Gasteiger partial charge < -0.3 is 9.15 Å². The summed E-state index contributed by atoms with van der Waals surface area (Å²) in [5.41, 5.74) is 2.81. The van der Waals surface area contributed by atoms with Crippen molar-refractivity contribution in [3.8, 4) is 11.3 Å². The molecule has 0 aliphatic heterocycles. The van der Waals surface area contributed by atoms with Crippen molar-refractivity contribution in [2.24, 2.45) is 0 Å². The van der Waals surface area contributed by atoms with Crippen LogP contribution < -0.4 is 5.32 Å². The quantitative estimate of drug-likeness (QED) is 0.487. The van der Waals surface area contributed by atoms with Crippen LogP contribution in [-0.4, -0.2) is 28.5 Å². The Kier molecular flexibility index (Phi) is 5.05. The molecular weight excluding hydrogens is 402 g/mol. The standard InChI is InChI=1S/C19H12ClN3O4S/c20-13-4-2-1-3-12(13)15-9-28-19(22-15)23-17(24)8-26-18(25)11-5-6-16-14(7-11)21-10-27-16/h1-7,9-10H,8H2,(H,22,23,24). The number of fused-ring (bicyclic) bond motifs is 1. The Morgan fingerprint density at radius 2 is 2.07 bits per heavy atom. The van der Waals surface area contributed by atoms with Crippen LogP contribution in [0.5, 0.6) is 0 Å². The van der Waals surface area contributed by atoms with Crippen molar-refractivity contribution >= 4 is 51.0 Å². The number of ether oxygens (including phenoxy) is 1. The lowest BCUT2D eigenvalue weighted by molar-refractivity contribution is -0.119. The van der Waals surface area contributed by atoms with E-state index >= 15 is 0 Å². The second kappa shape index (κ2) is 7.79. The Balaban J connectivity index is 1.35. The first kappa shape index (κ1) is 18.1. The number of oxazole rings is 1. The normalized spacial score (nSPS) is 10.8. The fraction of sp³-hybridized carbons (Fsp3) is 0.0526. The molecule has 2 aromatic carbocycles. The lowest BCUT2D eigenvalue weighted by Crippen LogP contribution is -2.20. The van der Waals surface area contributed by atoms with Crippen LogP contribution in [0.2, 0.25) is 5.02 Å². The number of thiazole rings is 1. The SMILES string of the molecule is O=C(COC(=O)c1ccc2ocnc2c1)Nc1nc(-c2ccccc2Cl)cs1. The summed E-state index contributed by atoms with van der Waals surface area (Å²) >= 11 is 7.41. The van der Waals surface area contributed by atoms with Gasteiger partial charge in [0.1, 0.15) is 5.52 Å². The first-order valence-corrected chi connectivity index (χ1v) is 9.36. The van der Waals surface area contributed by atoms with Gasteiger partial charge in [0, 0.05) is 16.0 Å². The molecule has 1 amide bonds. The summed E-state index contributed by atoms with van der Waals surface area (Å²) in [5, 5.41) is 5.35. The maximum absolute atomic E-state index is 12.1. The molecule has 28 heavy (non-hydrogen) atoms. The van der Waals surface area contributed by atoms with Gasteiger partial charge in [0.2, 0.25) is 0 Å². The molecule has 0 unspecified atom stereocenters. The molecule has 2 heterocycles. The monoisotopic (exact) mass is 413 g/mol. The first-order chi connectivity index (χ1) is 13.6. The maximum atomic E-state index is 12.1. The number of halogens is 1. The fourth-order valence-corrected chi connectivity index (χ4v) is 3.44. The lowest BCUT2D eigenvalue weighted by Gasteiger charge is -2.04. The molecule has 0 aliphatic rings. The number of rotatable bonds is 5. The minimum absolute atomic E-state index is 0.282. The van der Waals surface area contributed by atoms with Gasteiger partial charge in [-0.1, -0.05) is 29.8 Å². The number of nitrogens with one attached hydrogen (secondary N) is 1. The van der Waals surface area contributed by atoms with Gasteiger partial charge in [0.15, 0.2) is 23.7 Å². The largest absolute Gasteiger partial charge is 0.452 e. The summed E-state index contributed by atoms with van der Waals surface area (Å²) in [6.45, 7) is -0.434. The summed E-state index contributed by atoms with van der Waals surface area (Å²) in [5.74, 6) is -1.12. The van der Waals surface area contributed by atoms with E-state index in [4.69, 9.17) is 20.8 Å². The molecule has 0 bridgehead atoms. The van der Waals surface area contributed by atoms with Gasteiger partial charge in [-0.3, -0.25) is 10.1 Å². The average molecular weight is 414 g/mol. The molecule has 7 nitrogen and oxygen atoms in total. The molecule has 2 aromatic heterocycles. The van der Waals surface area contributed by atoms with Crippen molar-refractivity contribution < 1.29 is 18.7 Å². The molecule has 9 heteroatoms. The number of hydrogen-bond donors (Lipinski definition) is 1. The van der Waals surface area contributed by atoms with Crippen molar-refractivity contribution in [3.63, 3.8) is 0 Å². The van der Waals surface area contributed by atoms with Crippen LogP contribution in [-0.2, 0) is 9.53 Å². The maximum Gasteiger partial charge on any atom is 0.338 e. The lowest BCUT2D eigenvalue weighted by atomic mass is 10.2. The number of carbonyl (C=O) groups excluding carboxylic acids is 2. The van der Waals surface area contributed by atoms with Crippen LogP contribution in [0.25, 0.3) is 22.4 Å². The van der Waals surface area contributed by atoms with E-state index in [-0.39, 0.29) is 5.56 Å². The Hall–Kier alpha value is -3.23. The summed E-state index contributed by atoms with van der Waals surface area (Å²) in [4.78, 5) is 32.5. The summed E-state index contributed by atoms with van der Waals surface area (Å²) in [7, 11) is 0. The van der Waals surface area contributed by atoms with Crippen molar-refractivity contribution in [1.82, 2.24) is 9.97 Å². The van der Waals surface area contributed by atoms with E-state index in [2.05, 4.69) is 15.3 Å². The number of carbonyl (C=O) groups is 2. The zero-order chi connectivity index (χ0) is 19.5. The van der Waals surface area contributed by atoms with Gasteiger partial charge in [0.05, 0.1) is 11.3 Å². The van der Waals surface area contributed by atoms with E-state index in [9.17, 15) is 9.59 Å². The van der Waals surface area contributed by atoms with Crippen LogP contribution in [0.15, 0.2) is 58.7 Å². The number of anilines is 1. The summed E-state index contributed by atoms with van der Waals surface area (Å²) < 4.78 is 10.2. The van der Waals surface area contributed by atoms with Crippen LogP contribution >= 0.6 is 22.9 Å².